The number of aromatic nitrogens is 4. The number of hydrogen-bond donors (Lipinski definition) is 2. The largest absolute Gasteiger partial charge is 0.339 e. The molecule has 0 fully saturated rings. The third kappa shape index (κ3) is 4.96. The minimum atomic E-state index is -0.0700. The summed E-state index contributed by atoms with van der Waals surface area (Å²) in [7, 11) is 0. The van der Waals surface area contributed by atoms with Crippen molar-refractivity contribution in [3.63, 3.8) is 0 Å². The van der Waals surface area contributed by atoms with Gasteiger partial charge in [-0.2, -0.15) is 4.98 Å². The summed E-state index contributed by atoms with van der Waals surface area (Å²) >= 11 is 1.52. The molecule has 0 unspecified atom stereocenters. The number of hydrogen-bond acceptors (Lipinski definition) is 6. The van der Waals surface area contributed by atoms with E-state index in [0.717, 1.165) is 33.0 Å². The number of imidazole rings is 1. The molecule has 0 radical (unpaired) electrons. The molecule has 0 bridgehead atoms. The van der Waals surface area contributed by atoms with Crippen LogP contribution < -0.4 is 5.32 Å². The van der Waals surface area contributed by atoms with Gasteiger partial charge < -0.3 is 14.8 Å². The van der Waals surface area contributed by atoms with Crippen LogP contribution in [0.15, 0.2) is 40.0 Å². The van der Waals surface area contributed by atoms with Gasteiger partial charge in [-0.3, -0.25) is 4.79 Å². The number of carbonyl (C=O) groups excluding carboxylic acids is 1. The van der Waals surface area contributed by atoms with Crippen LogP contribution in [-0.2, 0) is 17.0 Å². The first-order valence-electron chi connectivity index (χ1n) is 10.2. The highest BCUT2D eigenvalue weighted by Gasteiger charge is 2.13. The SMILES string of the molecule is Cc1cc2nc(SCc3noc(CCC(=O)Nc4c(C)cccc4C)n3)[nH]c2cc1C. The first-order valence-corrected chi connectivity index (χ1v) is 11.1. The van der Waals surface area contributed by atoms with Crippen LogP contribution >= 0.6 is 11.8 Å². The number of nitrogens with one attached hydrogen (secondary N) is 2. The zero-order valence-electron chi connectivity index (χ0n) is 18.1. The molecule has 2 heterocycles. The normalized spacial score (nSPS) is 11.2. The highest BCUT2D eigenvalue weighted by Crippen LogP contribution is 2.24. The monoisotopic (exact) mass is 435 g/mol. The lowest BCUT2D eigenvalue weighted by atomic mass is 10.1. The van der Waals surface area contributed by atoms with Crippen LogP contribution in [-0.4, -0.2) is 26.0 Å². The lowest BCUT2D eigenvalue weighted by molar-refractivity contribution is -0.116. The third-order valence-electron chi connectivity index (χ3n) is 5.24. The number of nitrogens with zero attached hydrogens (tertiary/aromatic N) is 3. The molecule has 0 saturated carbocycles. The summed E-state index contributed by atoms with van der Waals surface area (Å²) in [5.74, 6) is 1.51. The number of aryl methyl sites for hydroxylation is 5. The maximum absolute atomic E-state index is 12.3. The van der Waals surface area contributed by atoms with Crippen molar-refractivity contribution in [1.29, 1.82) is 0 Å². The van der Waals surface area contributed by atoms with Crippen molar-refractivity contribution < 1.29 is 9.32 Å². The van der Waals surface area contributed by atoms with E-state index in [2.05, 4.69) is 51.4 Å². The summed E-state index contributed by atoms with van der Waals surface area (Å²) in [5, 5.41) is 7.82. The molecule has 7 nitrogen and oxygen atoms in total. The first-order chi connectivity index (χ1) is 14.9. The van der Waals surface area contributed by atoms with E-state index in [1.54, 1.807) is 0 Å². The summed E-state index contributed by atoms with van der Waals surface area (Å²) in [6.07, 6.45) is 0.683. The number of aromatic amines is 1. The molecule has 1 amide bonds. The van der Waals surface area contributed by atoms with E-state index in [1.165, 1.54) is 22.9 Å². The van der Waals surface area contributed by atoms with Gasteiger partial charge in [-0.15, -0.1) is 0 Å². The van der Waals surface area contributed by atoms with Crippen LogP contribution in [0.25, 0.3) is 11.0 Å². The molecule has 31 heavy (non-hydrogen) atoms. The quantitative estimate of drug-likeness (QED) is 0.395. The Morgan fingerprint density at radius 1 is 1.06 bits per heavy atom. The Bertz CT molecular complexity index is 1180. The molecule has 2 aromatic heterocycles. The van der Waals surface area contributed by atoms with E-state index in [4.69, 9.17) is 4.52 Å². The zero-order chi connectivity index (χ0) is 22.0. The predicted molar refractivity (Wildman–Crippen MR) is 122 cm³/mol. The average molecular weight is 436 g/mol. The average Bonchev–Trinajstić information content (AvgIpc) is 3.34. The molecule has 0 spiro atoms. The van der Waals surface area contributed by atoms with Gasteiger partial charge in [-0.25, -0.2) is 4.98 Å². The molecule has 4 rings (SSSR count). The molecule has 0 aliphatic carbocycles. The number of benzene rings is 2. The van der Waals surface area contributed by atoms with Crippen LogP contribution in [0.4, 0.5) is 5.69 Å². The highest BCUT2D eigenvalue weighted by atomic mass is 32.2. The molecule has 0 atom stereocenters. The number of carbonyl (C=O) groups is 1. The van der Waals surface area contributed by atoms with Crippen molar-refractivity contribution in [3.05, 3.63) is 64.3 Å². The topological polar surface area (TPSA) is 96.7 Å². The summed E-state index contributed by atoms with van der Waals surface area (Å²) in [4.78, 5) is 24.7. The number of fused-ring (bicyclic) bond motifs is 1. The van der Waals surface area contributed by atoms with Gasteiger partial charge in [0.05, 0.1) is 16.8 Å². The van der Waals surface area contributed by atoms with Gasteiger partial charge in [0, 0.05) is 18.5 Å². The summed E-state index contributed by atoms with van der Waals surface area (Å²) in [5.41, 5.74) is 7.38. The second-order valence-corrected chi connectivity index (χ2v) is 8.67. The molecule has 0 saturated heterocycles. The van der Waals surface area contributed by atoms with Gasteiger partial charge in [-0.05, 0) is 62.1 Å². The minimum absolute atomic E-state index is 0.0700. The van der Waals surface area contributed by atoms with Crippen LogP contribution in [0.1, 0.15) is 40.4 Å². The van der Waals surface area contributed by atoms with E-state index in [-0.39, 0.29) is 12.3 Å². The summed E-state index contributed by atoms with van der Waals surface area (Å²) in [6, 6.07) is 10.1. The fourth-order valence-electron chi connectivity index (χ4n) is 3.33. The van der Waals surface area contributed by atoms with Crippen molar-refractivity contribution in [3.8, 4) is 0 Å². The molecule has 2 aromatic carbocycles. The Hall–Kier alpha value is -3.13. The molecular formula is C23H25N5O2S. The van der Waals surface area contributed by atoms with Crippen molar-refractivity contribution in [1.82, 2.24) is 20.1 Å². The number of anilines is 1. The lowest BCUT2D eigenvalue weighted by Crippen LogP contribution is -2.14. The molecule has 0 aliphatic heterocycles. The highest BCUT2D eigenvalue weighted by molar-refractivity contribution is 7.98. The molecule has 0 aliphatic rings. The van der Waals surface area contributed by atoms with Crippen LogP contribution in [0.5, 0.6) is 0 Å². The standard InChI is InChI=1S/C23H25N5O2S/c1-13-6-5-7-14(2)22(13)27-20(29)8-9-21-26-19(28-30-21)12-31-23-24-17-10-15(3)16(4)11-18(17)25-23/h5-7,10-11H,8-9,12H2,1-4H3,(H,24,25)(H,27,29). The van der Waals surface area contributed by atoms with Crippen molar-refractivity contribution in [2.24, 2.45) is 0 Å². The molecule has 2 N–H and O–H groups in total. The van der Waals surface area contributed by atoms with Gasteiger partial charge in [0.1, 0.15) is 0 Å². The van der Waals surface area contributed by atoms with Gasteiger partial charge >= 0.3 is 0 Å². The second-order valence-electron chi connectivity index (χ2n) is 7.70. The Kier molecular flexibility index (Phi) is 6.08. The minimum Gasteiger partial charge on any atom is -0.339 e. The molecule has 8 heteroatoms. The van der Waals surface area contributed by atoms with Gasteiger partial charge in [0.25, 0.3) is 0 Å². The Morgan fingerprint density at radius 3 is 2.58 bits per heavy atom. The lowest BCUT2D eigenvalue weighted by Gasteiger charge is -2.10. The third-order valence-corrected chi connectivity index (χ3v) is 6.10. The second kappa shape index (κ2) is 8.93. The fraction of sp³-hybridized carbons (Fsp3) is 0.304. The van der Waals surface area contributed by atoms with E-state index in [1.807, 2.05) is 32.0 Å². The Morgan fingerprint density at radius 2 is 1.81 bits per heavy atom. The maximum atomic E-state index is 12.3. The first kappa shape index (κ1) is 21.1. The van der Waals surface area contributed by atoms with E-state index in [9.17, 15) is 4.79 Å². The van der Waals surface area contributed by atoms with Gasteiger partial charge in [0.15, 0.2) is 11.0 Å². The van der Waals surface area contributed by atoms with Crippen LogP contribution in [0, 0.1) is 27.7 Å². The van der Waals surface area contributed by atoms with Crippen LogP contribution in [0.3, 0.4) is 0 Å². The zero-order valence-corrected chi connectivity index (χ0v) is 18.9. The number of H-pyrrole nitrogens is 1. The van der Waals surface area contributed by atoms with Gasteiger partial charge in [0.2, 0.25) is 11.8 Å². The van der Waals surface area contributed by atoms with E-state index < -0.39 is 0 Å². The van der Waals surface area contributed by atoms with E-state index in [0.29, 0.717) is 23.9 Å². The summed E-state index contributed by atoms with van der Waals surface area (Å²) in [6.45, 7) is 8.13. The number of amides is 1. The maximum Gasteiger partial charge on any atom is 0.227 e. The fourth-order valence-corrected chi connectivity index (χ4v) is 4.06. The molecule has 160 valence electrons. The Balaban J connectivity index is 1.31. The van der Waals surface area contributed by atoms with Crippen molar-refractivity contribution in [2.45, 2.75) is 51.4 Å². The smallest absolute Gasteiger partial charge is 0.227 e. The summed E-state index contributed by atoms with van der Waals surface area (Å²) < 4.78 is 5.31. The van der Waals surface area contributed by atoms with Crippen molar-refractivity contribution in [2.75, 3.05) is 5.32 Å². The Labute approximate surface area is 185 Å². The van der Waals surface area contributed by atoms with Crippen LogP contribution in [0.2, 0.25) is 0 Å². The molecular weight excluding hydrogens is 410 g/mol. The van der Waals surface area contributed by atoms with Gasteiger partial charge in [-0.1, -0.05) is 35.1 Å². The predicted octanol–water partition coefficient (Wildman–Crippen LogP) is 5.04. The number of rotatable bonds is 7. The van der Waals surface area contributed by atoms with Crippen molar-refractivity contribution >= 4 is 34.4 Å². The van der Waals surface area contributed by atoms with E-state index >= 15 is 0 Å². The number of para-hydroxylation sites is 1. The molecule has 4 aromatic rings. The number of thioether (sulfide) groups is 1.